The highest BCUT2D eigenvalue weighted by Gasteiger charge is 2.28. The molecule has 2 heterocycles. The van der Waals surface area contributed by atoms with Crippen LogP contribution in [0.2, 0.25) is 0 Å². The summed E-state index contributed by atoms with van der Waals surface area (Å²) < 4.78 is 10.6. The summed E-state index contributed by atoms with van der Waals surface area (Å²) in [5.74, 6) is 0.546. The van der Waals surface area contributed by atoms with E-state index in [9.17, 15) is 4.79 Å². The first-order valence-electron chi connectivity index (χ1n) is 6.69. The molecule has 0 radical (unpaired) electrons. The van der Waals surface area contributed by atoms with E-state index in [-0.39, 0.29) is 11.9 Å². The third-order valence-corrected chi connectivity index (χ3v) is 4.40. The summed E-state index contributed by atoms with van der Waals surface area (Å²) in [6, 6.07) is -0.0817. The molecule has 1 aromatic rings. The zero-order valence-corrected chi connectivity index (χ0v) is 11.7. The Morgan fingerprint density at radius 3 is 3.05 bits per heavy atom. The lowest BCUT2D eigenvalue weighted by Gasteiger charge is -2.23. The van der Waals surface area contributed by atoms with Gasteiger partial charge in [0.25, 0.3) is 5.91 Å². The molecule has 2 aliphatic rings. The number of rotatable bonds is 4. The topological polar surface area (TPSA) is 60.5 Å². The molecular weight excluding hydrogens is 264 g/mol. The zero-order chi connectivity index (χ0) is 13.2. The molecule has 1 aliphatic heterocycles. The van der Waals surface area contributed by atoms with Crippen LogP contribution in [0.1, 0.15) is 42.4 Å². The summed E-state index contributed by atoms with van der Waals surface area (Å²) in [6.45, 7) is 3.33. The molecule has 1 amide bonds. The van der Waals surface area contributed by atoms with Gasteiger partial charge in [-0.25, -0.2) is 4.98 Å². The fraction of sp³-hybridized carbons (Fsp3) is 0.692. The molecule has 3 rings (SSSR count). The number of nitrogens with zero attached hydrogens (tertiary/aromatic N) is 1. The van der Waals surface area contributed by atoms with Crippen LogP contribution in [-0.4, -0.2) is 36.8 Å². The molecule has 1 saturated carbocycles. The number of carbonyl (C=O) groups is 1. The largest absolute Gasteiger partial charge is 0.376 e. The third kappa shape index (κ3) is 3.13. The van der Waals surface area contributed by atoms with Crippen LogP contribution >= 0.6 is 11.3 Å². The van der Waals surface area contributed by atoms with Crippen molar-refractivity contribution in [1.29, 1.82) is 0 Å². The van der Waals surface area contributed by atoms with E-state index >= 15 is 0 Å². The number of nitrogens with one attached hydrogen (secondary N) is 1. The van der Waals surface area contributed by atoms with Crippen LogP contribution in [0.5, 0.6) is 0 Å². The average Bonchev–Trinajstić information content (AvgIpc) is 3.17. The van der Waals surface area contributed by atoms with Gasteiger partial charge in [-0.1, -0.05) is 0 Å². The van der Waals surface area contributed by atoms with Crippen molar-refractivity contribution < 1.29 is 14.3 Å². The van der Waals surface area contributed by atoms with E-state index in [1.807, 2.05) is 12.3 Å². The Labute approximate surface area is 116 Å². The van der Waals surface area contributed by atoms with Gasteiger partial charge in [0.05, 0.1) is 36.6 Å². The lowest BCUT2D eigenvalue weighted by Crippen LogP contribution is -2.43. The van der Waals surface area contributed by atoms with Gasteiger partial charge in [-0.15, -0.1) is 11.3 Å². The van der Waals surface area contributed by atoms with Crippen molar-refractivity contribution in [2.45, 2.75) is 37.8 Å². The van der Waals surface area contributed by atoms with Crippen LogP contribution < -0.4 is 5.32 Å². The summed E-state index contributed by atoms with van der Waals surface area (Å²) in [6.07, 6.45) is 2.01. The fourth-order valence-corrected chi connectivity index (χ4v) is 3.12. The predicted octanol–water partition coefficient (Wildman–Crippen LogP) is 1.61. The smallest absolute Gasteiger partial charge is 0.252 e. The van der Waals surface area contributed by atoms with E-state index in [4.69, 9.17) is 9.47 Å². The Kier molecular flexibility index (Phi) is 3.81. The number of thiazole rings is 1. The van der Waals surface area contributed by atoms with Gasteiger partial charge in [-0.05, 0) is 19.8 Å². The number of hydrogen-bond donors (Lipinski definition) is 1. The van der Waals surface area contributed by atoms with Crippen molar-refractivity contribution in [2.75, 3.05) is 19.8 Å². The Bertz CT molecular complexity index is 452. The van der Waals surface area contributed by atoms with E-state index in [1.54, 1.807) is 11.3 Å². The number of carbonyl (C=O) groups excluding carboxylic acids is 1. The van der Waals surface area contributed by atoms with Crippen molar-refractivity contribution >= 4 is 17.2 Å². The Balaban J connectivity index is 1.56. The van der Waals surface area contributed by atoms with Crippen LogP contribution in [0.25, 0.3) is 0 Å². The van der Waals surface area contributed by atoms with Crippen LogP contribution in [-0.2, 0) is 14.3 Å². The Hall–Kier alpha value is -0.980. The highest BCUT2D eigenvalue weighted by atomic mass is 32.1. The molecule has 2 atom stereocenters. The number of amides is 1. The Morgan fingerprint density at radius 1 is 1.53 bits per heavy atom. The highest BCUT2D eigenvalue weighted by molar-refractivity contribution is 7.09. The first-order valence-corrected chi connectivity index (χ1v) is 7.57. The second-order valence-corrected chi connectivity index (χ2v) is 5.94. The zero-order valence-electron chi connectivity index (χ0n) is 10.9. The SMILES string of the molecule is C[C@@H](NC(=O)[C@H]1COCCO1)c1csc(C2CC2)n1. The molecule has 1 aliphatic carbocycles. The maximum atomic E-state index is 12.0. The van der Waals surface area contributed by atoms with Gasteiger partial charge in [0, 0.05) is 11.3 Å². The van der Waals surface area contributed by atoms with Gasteiger partial charge in [0.15, 0.2) is 6.10 Å². The fourth-order valence-electron chi connectivity index (χ4n) is 2.04. The first-order chi connectivity index (χ1) is 9.24. The highest BCUT2D eigenvalue weighted by Crippen LogP contribution is 2.41. The van der Waals surface area contributed by atoms with Crippen molar-refractivity contribution in [1.82, 2.24) is 10.3 Å². The second-order valence-electron chi connectivity index (χ2n) is 5.05. The molecule has 2 fully saturated rings. The Morgan fingerprint density at radius 2 is 2.37 bits per heavy atom. The van der Waals surface area contributed by atoms with Crippen molar-refractivity contribution in [3.05, 3.63) is 16.1 Å². The third-order valence-electron chi connectivity index (χ3n) is 3.38. The predicted molar refractivity (Wildman–Crippen MR) is 71.2 cm³/mol. The molecule has 0 aromatic carbocycles. The summed E-state index contributed by atoms with van der Waals surface area (Å²) in [4.78, 5) is 16.6. The molecule has 19 heavy (non-hydrogen) atoms. The van der Waals surface area contributed by atoms with Crippen molar-refractivity contribution in [3.63, 3.8) is 0 Å². The van der Waals surface area contributed by atoms with Crippen molar-refractivity contribution in [2.24, 2.45) is 0 Å². The lowest BCUT2D eigenvalue weighted by atomic mass is 10.2. The lowest BCUT2D eigenvalue weighted by molar-refractivity contribution is -0.148. The minimum absolute atomic E-state index is 0.0817. The van der Waals surface area contributed by atoms with E-state index < -0.39 is 6.10 Å². The maximum absolute atomic E-state index is 12.0. The molecule has 0 unspecified atom stereocenters. The molecular formula is C13H18N2O3S. The summed E-state index contributed by atoms with van der Waals surface area (Å²) in [5, 5.41) is 6.18. The number of hydrogen-bond acceptors (Lipinski definition) is 5. The van der Waals surface area contributed by atoms with Crippen LogP contribution in [0, 0.1) is 0 Å². The van der Waals surface area contributed by atoms with Crippen LogP contribution in [0.3, 0.4) is 0 Å². The van der Waals surface area contributed by atoms with Gasteiger partial charge in [0.1, 0.15) is 0 Å². The summed E-state index contributed by atoms with van der Waals surface area (Å²) >= 11 is 1.69. The maximum Gasteiger partial charge on any atom is 0.252 e. The summed E-state index contributed by atoms with van der Waals surface area (Å²) in [7, 11) is 0. The molecule has 1 saturated heterocycles. The number of ether oxygens (including phenoxy) is 2. The van der Waals surface area contributed by atoms with Gasteiger partial charge in [0.2, 0.25) is 0 Å². The van der Waals surface area contributed by atoms with Gasteiger partial charge >= 0.3 is 0 Å². The molecule has 0 spiro atoms. The number of aromatic nitrogens is 1. The van der Waals surface area contributed by atoms with E-state index in [1.165, 1.54) is 17.8 Å². The normalized spacial score (nSPS) is 25.0. The van der Waals surface area contributed by atoms with Crippen LogP contribution in [0.15, 0.2) is 5.38 Å². The average molecular weight is 282 g/mol. The summed E-state index contributed by atoms with van der Waals surface area (Å²) in [5.41, 5.74) is 0.942. The van der Waals surface area contributed by atoms with E-state index in [0.717, 1.165) is 5.69 Å². The monoisotopic (exact) mass is 282 g/mol. The molecule has 5 nitrogen and oxygen atoms in total. The van der Waals surface area contributed by atoms with Crippen molar-refractivity contribution in [3.8, 4) is 0 Å². The van der Waals surface area contributed by atoms with Gasteiger partial charge < -0.3 is 14.8 Å². The standard InChI is InChI=1S/C13H18N2O3S/c1-8(10-7-19-13(15-10)9-2-3-9)14-12(16)11-6-17-4-5-18-11/h7-9,11H,2-6H2,1H3,(H,14,16)/t8-,11-/m1/s1. The van der Waals surface area contributed by atoms with E-state index in [2.05, 4.69) is 10.3 Å². The minimum atomic E-state index is -0.488. The second kappa shape index (κ2) is 5.56. The molecule has 1 N–H and O–H groups in total. The quantitative estimate of drug-likeness (QED) is 0.911. The van der Waals surface area contributed by atoms with Gasteiger partial charge in [-0.3, -0.25) is 4.79 Å². The molecule has 0 bridgehead atoms. The minimum Gasteiger partial charge on any atom is -0.376 e. The first kappa shape index (κ1) is 13.0. The molecule has 6 heteroatoms. The molecule has 104 valence electrons. The molecule has 1 aromatic heterocycles. The van der Waals surface area contributed by atoms with Crippen LogP contribution in [0.4, 0.5) is 0 Å². The van der Waals surface area contributed by atoms with Gasteiger partial charge in [-0.2, -0.15) is 0 Å². The van der Waals surface area contributed by atoms with E-state index in [0.29, 0.717) is 25.7 Å².